The third kappa shape index (κ3) is 4.67. The topological polar surface area (TPSA) is 89.0 Å². The predicted octanol–water partition coefficient (Wildman–Crippen LogP) is 4.66. The fourth-order valence-corrected chi connectivity index (χ4v) is 4.25. The lowest BCUT2D eigenvalue weighted by molar-refractivity contribution is 0.122. The summed E-state index contributed by atoms with van der Waals surface area (Å²) in [7, 11) is 0. The molecule has 0 radical (unpaired) electrons. The third-order valence-corrected chi connectivity index (χ3v) is 6.15. The number of nitrogens with one attached hydrogen (secondary N) is 1. The minimum Gasteiger partial charge on any atom is -0.378 e. The molecule has 35 heavy (non-hydrogen) atoms. The van der Waals surface area contributed by atoms with Gasteiger partial charge >= 0.3 is 0 Å². The van der Waals surface area contributed by atoms with Gasteiger partial charge in [0, 0.05) is 71.9 Å². The molecule has 5 heterocycles. The lowest BCUT2D eigenvalue weighted by atomic mass is 10.0. The summed E-state index contributed by atoms with van der Waals surface area (Å²) < 4.78 is 19.8. The van der Waals surface area contributed by atoms with Gasteiger partial charge in [-0.05, 0) is 26.0 Å². The lowest BCUT2D eigenvalue weighted by Gasteiger charge is -2.28. The normalized spacial score (nSPS) is 13.6. The van der Waals surface area contributed by atoms with E-state index >= 15 is 0 Å². The second-order valence-corrected chi connectivity index (χ2v) is 8.31. The Morgan fingerprint density at radius 3 is 2.57 bits per heavy atom. The molecule has 4 aromatic heterocycles. The third-order valence-electron chi connectivity index (χ3n) is 6.15. The van der Waals surface area contributed by atoms with Crippen LogP contribution in [-0.4, -0.2) is 51.2 Å². The molecule has 1 saturated heterocycles. The second-order valence-electron chi connectivity index (χ2n) is 8.31. The van der Waals surface area contributed by atoms with Gasteiger partial charge in [0.05, 0.1) is 36.0 Å². The zero-order valence-electron chi connectivity index (χ0n) is 19.7. The molecule has 1 N–H and O–H groups in total. The first kappa shape index (κ1) is 22.8. The molecule has 0 aliphatic carbocycles. The van der Waals surface area contributed by atoms with Crippen molar-refractivity contribution in [3.8, 4) is 22.5 Å². The molecule has 0 spiro atoms. The van der Waals surface area contributed by atoms with Crippen LogP contribution in [0, 0.1) is 13.8 Å². The number of hydrogen-bond donors (Lipinski definition) is 1. The van der Waals surface area contributed by atoms with Crippen LogP contribution in [0.5, 0.6) is 0 Å². The molecule has 0 unspecified atom stereocenters. The first-order valence-corrected chi connectivity index (χ1v) is 11.5. The van der Waals surface area contributed by atoms with Crippen LogP contribution in [0.2, 0.25) is 0 Å². The SMILES string of the molecule is Cc1nc(-c2ccccn2)c(C)c(Nc2cc(N3CCOCC3)ncc2-c2cncnc2)c1CF. The van der Waals surface area contributed by atoms with E-state index in [-0.39, 0.29) is 0 Å². The fraction of sp³-hybridized carbons (Fsp3) is 0.269. The molecule has 0 bridgehead atoms. The Kier molecular flexibility index (Phi) is 6.58. The molecule has 0 saturated carbocycles. The van der Waals surface area contributed by atoms with E-state index < -0.39 is 6.67 Å². The second kappa shape index (κ2) is 10.1. The largest absolute Gasteiger partial charge is 0.378 e. The van der Waals surface area contributed by atoms with Gasteiger partial charge < -0.3 is 15.0 Å². The van der Waals surface area contributed by atoms with E-state index in [9.17, 15) is 4.39 Å². The van der Waals surface area contributed by atoms with E-state index in [0.717, 1.165) is 52.7 Å². The fourth-order valence-electron chi connectivity index (χ4n) is 4.25. The van der Waals surface area contributed by atoms with Crippen molar-refractivity contribution in [2.24, 2.45) is 0 Å². The maximum absolute atomic E-state index is 14.3. The maximum Gasteiger partial charge on any atom is 0.130 e. The van der Waals surface area contributed by atoms with Gasteiger partial charge in [-0.1, -0.05) is 6.07 Å². The number of halogens is 1. The number of alkyl halides is 1. The van der Waals surface area contributed by atoms with E-state index in [2.05, 4.69) is 25.2 Å². The van der Waals surface area contributed by atoms with E-state index in [1.165, 1.54) is 6.33 Å². The number of anilines is 3. The number of aromatic nitrogens is 5. The summed E-state index contributed by atoms with van der Waals surface area (Å²) in [5.74, 6) is 0.826. The van der Waals surface area contributed by atoms with Crippen molar-refractivity contribution in [1.82, 2.24) is 24.9 Å². The Labute approximate surface area is 203 Å². The summed E-state index contributed by atoms with van der Waals surface area (Å²) in [6, 6.07) is 7.67. The van der Waals surface area contributed by atoms with E-state index in [1.807, 2.05) is 44.3 Å². The molecule has 178 valence electrons. The zero-order valence-corrected chi connectivity index (χ0v) is 19.7. The van der Waals surface area contributed by atoms with Crippen molar-refractivity contribution in [2.45, 2.75) is 20.5 Å². The summed E-state index contributed by atoms with van der Waals surface area (Å²) in [5, 5.41) is 3.53. The molecule has 0 atom stereocenters. The van der Waals surface area contributed by atoms with E-state index in [0.29, 0.717) is 30.2 Å². The highest BCUT2D eigenvalue weighted by molar-refractivity contribution is 5.84. The molecule has 5 rings (SSSR count). The number of hydrogen-bond acceptors (Lipinski definition) is 8. The molecule has 4 aromatic rings. The number of pyridine rings is 3. The van der Waals surface area contributed by atoms with Crippen molar-refractivity contribution in [3.05, 3.63) is 72.2 Å². The average molecular weight is 472 g/mol. The van der Waals surface area contributed by atoms with Gasteiger partial charge in [-0.3, -0.25) is 9.97 Å². The van der Waals surface area contributed by atoms with Crippen molar-refractivity contribution < 1.29 is 9.13 Å². The zero-order chi connectivity index (χ0) is 24.2. The first-order valence-electron chi connectivity index (χ1n) is 11.5. The van der Waals surface area contributed by atoms with Gasteiger partial charge in [-0.2, -0.15) is 0 Å². The van der Waals surface area contributed by atoms with Crippen LogP contribution in [0.4, 0.5) is 21.6 Å². The predicted molar refractivity (Wildman–Crippen MR) is 133 cm³/mol. The first-order chi connectivity index (χ1) is 17.2. The van der Waals surface area contributed by atoms with E-state index in [1.54, 1.807) is 18.6 Å². The Hall–Kier alpha value is -3.98. The molecule has 1 fully saturated rings. The van der Waals surface area contributed by atoms with E-state index in [4.69, 9.17) is 14.7 Å². The summed E-state index contributed by atoms with van der Waals surface area (Å²) >= 11 is 0. The van der Waals surface area contributed by atoms with Crippen LogP contribution < -0.4 is 10.2 Å². The summed E-state index contributed by atoms with van der Waals surface area (Å²) in [6.45, 7) is 5.94. The molecule has 8 nitrogen and oxygen atoms in total. The molecular formula is C26H26FN7O. The average Bonchev–Trinajstić information content (AvgIpc) is 2.92. The smallest absolute Gasteiger partial charge is 0.130 e. The number of morpholine rings is 1. The van der Waals surface area contributed by atoms with Crippen LogP contribution >= 0.6 is 0 Å². The Balaban J connectivity index is 1.65. The van der Waals surface area contributed by atoms with Crippen LogP contribution in [0.3, 0.4) is 0 Å². The van der Waals surface area contributed by atoms with Crippen LogP contribution in [0.25, 0.3) is 22.5 Å². The number of rotatable bonds is 6. The minimum absolute atomic E-state index is 0.516. The highest BCUT2D eigenvalue weighted by atomic mass is 19.1. The van der Waals surface area contributed by atoms with Crippen LogP contribution in [0.15, 0.2) is 55.4 Å². The minimum atomic E-state index is -0.643. The van der Waals surface area contributed by atoms with Crippen molar-refractivity contribution >= 4 is 17.2 Å². The van der Waals surface area contributed by atoms with Crippen LogP contribution in [0.1, 0.15) is 16.8 Å². The van der Waals surface area contributed by atoms with Gasteiger partial charge in [0.2, 0.25) is 0 Å². The maximum atomic E-state index is 14.3. The van der Waals surface area contributed by atoms with Gasteiger partial charge in [-0.15, -0.1) is 0 Å². The molecular weight excluding hydrogens is 445 g/mol. The Morgan fingerprint density at radius 1 is 1.06 bits per heavy atom. The van der Waals surface area contributed by atoms with Crippen molar-refractivity contribution in [3.63, 3.8) is 0 Å². The van der Waals surface area contributed by atoms with Gasteiger partial charge in [-0.25, -0.2) is 19.3 Å². The molecule has 1 aliphatic heterocycles. The van der Waals surface area contributed by atoms with Gasteiger partial charge in [0.25, 0.3) is 0 Å². The van der Waals surface area contributed by atoms with Gasteiger partial charge in [0.15, 0.2) is 0 Å². The Morgan fingerprint density at radius 2 is 1.86 bits per heavy atom. The highest BCUT2D eigenvalue weighted by Gasteiger charge is 2.20. The standard InChI is InChI=1S/C26H26FN7O/c1-17-25(20(12-27)18(2)32-26(17)22-5-3-4-6-30-22)33-23-11-24(34-7-9-35-10-8-34)31-15-21(23)19-13-28-16-29-14-19/h3-6,11,13-16H,7-10,12H2,1-2H3,(H,31,32,33). The summed E-state index contributed by atoms with van der Waals surface area (Å²) in [5.41, 5.74) is 6.51. The highest BCUT2D eigenvalue weighted by Crippen LogP contribution is 2.37. The Bertz CT molecular complexity index is 1310. The molecule has 0 aromatic carbocycles. The van der Waals surface area contributed by atoms with Crippen molar-refractivity contribution in [2.75, 3.05) is 36.5 Å². The molecule has 9 heteroatoms. The molecule has 1 aliphatic rings. The summed E-state index contributed by atoms with van der Waals surface area (Å²) in [4.78, 5) is 24.4. The summed E-state index contributed by atoms with van der Waals surface area (Å²) in [6.07, 6.45) is 8.51. The monoisotopic (exact) mass is 471 g/mol. The molecule has 0 amide bonds. The number of ether oxygens (including phenoxy) is 1. The van der Waals surface area contributed by atoms with Crippen LogP contribution in [-0.2, 0) is 11.4 Å². The number of aryl methyl sites for hydroxylation is 1. The van der Waals surface area contributed by atoms with Gasteiger partial charge in [0.1, 0.15) is 18.8 Å². The van der Waals surface area contributed by atoms with Crippen molar-refractivity contribution in [1.29, 1.82) is 0 Å². The lowest BCUT2D eigenvalue weighted by Crippen LogP contribution is -2.36. The number of nitrogens with zero attached hydrogens (tertiary/aromatic N) is 6. The quantitative estimate of drug-likeness (QED) is 0.434.